The van der Waals surface area contributed by atoms with E-state index in [0.29, 0.717) is 30.9 Å². The highest BCUT2D eigenvalue weighted by Crippen LogP contribution is 2.42. The molecule has 1 heterocycles. The third kappa shape index (κ3) is 3.41. The molecule has 0 saturated heterocycles. The van der Waals surface area contributed by atoms with Gasteiger partial charge in [0.05, 0.1) is 14.8 Å². The summed E-state index contributed by atoms with van der Waals surface area (Å²) in [6, 6.07) is 7.27. The van der Waals surface area contributed by atoms with E-state index in [1.807, 2.05) is 0 Å². The van der Waals surface area contributed by atoms with Crippen molar-refractivity contribution >= 4 is 53.1 Å². The maximum atomic E-state index is 12.7. The lowest BCUT2D eigenvalue weighted by Gasteiger charge is -2.08. The van der Waals surface area contributed by atoms with Crippen LogP contribution in [0, 0.1) is 16.9 Å². The summed E-state index contributed by atoms with van der Waals surface area (Å²) in [6.07, 6.45) is -8.16. The number of halogens is 6. The minimum atomic E-state index is -4.91. The van der Waals surface area contributed by atoms with E-state index >= 15 is 0 Å². The second kappa shape index (κ2) is 6.82. The summed E-state index contributed by atoms with van der Waals surface area (Å²) < 4.78 is 84.6. The van der Waals surface area contributed by atoms with Crippen LogP contribution in [0.5, 0.6) is 11.5 Å². The van der Waals surface area contributed by atoms with Crippen molar-refractivity contribution < 1.29 is 35.8 Å². The van der Waals surface area contributed by atoms with Gasteiger partial charge in [-0.1, -0.05) is 0 Å². The van der Waals surface area contributed by atoms with Gasteiger partial charge in [0.1, 0.15) is 16.9 Å². The van der Waals surface area contributed by atoms with Crippen molar-refractivity contribution in [3.05, 3.63) is 47.1 Å². The highest BCUT2D eigenvalue weighted by molar-refractivity contribution is 7.26. The monoisotopic (exact) mass is 479 g/mol. The molecule has 0 fully saturated rings. The molecule has 0 radical (unpaired) electrons. The number of nitrogens with one attached hydrogen (secondary N) is 1. The maximum Gasteiger partial charge on any atom is 0.573 e. The topological polar surface area (TPSA) is 78.5 Å². The summed E-state index contributed by atoms with van der Waals surface area (Å²) in [5.74, 6) is -0.959. The lowest BCUT2D eigenvalue weighted by molar-refractivity contribution is -0.275. The molecule has 4 aromatic carbocycles. The number of hydrogen-bond acceptors (Lipinski definition) is 6. The molecule has 12 heteroatoms. The van der Waals surface area contributed by atoms with E-state index in [0.717, 1.165) is 35.6 Å². The Morgan fingerprint density at radius 3 is 1.85 bits per heavy atom. The van der Waals surface area contributed by atoms with Crippen LogP contribution in [0.1, 0.15) is 0 Å². The van der Waals surface area contributed by atoms with Gasteiger partial charge in [0.2, 0.25) is 6.19 Å². The van der Waals surface area contributed by atoms with Crippen LogP contribution < -0.4 is 20.2 Å². The Balaban J connectivity index is 1.85. The number of alkyl halides is 6. The molecule has 0 saturated carbocycles. The molecule has 0 atom stereocenters. The SMILES string of the molecule is N#CN=c1c2cc(OC(F)(F)F)ccc2c2c1sc1c(=N)c3cc(OC(F)(F)F)ccc3c12. The van der Waals surface area contributed by atoms with Crippen molar-refractivity contribution in [3.63, 3.8) is 0 Å². The van der Waals surface area contributed by atoms with Crippen LogP contribution in [0.4, 0.5) is 26.3 Å². The zero-order valence-electron chi connectivity index (χ0n) is 15.9. The van der Waals surface area contributed by atoms with Crippen molar-refractivity contribution in [2.45, 2.75) is 12.7 Å². The second-order valence-electron chi connectivity index (χ2n) is 6.96. The molecule has 0 aliphatic rings. The van der Waals surface area contributed by atoms with Crippen LogP contribution in [0.25, 0.3) is 41.7 Å². The molecule has 0 amide bonds. The number of nitriles is 1. The Labute approximate surface area is 182 Å². The number of benzene rings is 2. The summed E-state index contributed by atoms with van der Waals surface area (Å²) in [6.45, 7) is 0. The molecule has 166 valence electrons. The molecule has 0 aliphatic heterocycles. The first-order chi connectivity index (χ1) is 15.5. The van der Waals surface area contributed by atoms with E-state index in [1.165, 1.54) is 12.1 Å². The van der Waals surface area contributed by atoms with E-state index in [4.69, 9.17) is 10.7 Å². The fourth-order valence-electron chi connectivity index (χ4n) is 3.97. The summed E-state index contributed by atoms with van der Waals surface area (Å²) in [5.41, 5.74) is 0. The molecule has 0 unspecified atom stereocenters. The zero-order valence-corrected chi connectivity index (χ0v) is 16.7. The molecule has 1 N–H and O–H groups in total. The smallest absolute Gasteiger partial charge is 0.406 e. The average Bonchev–Trinajstić information content (AvgIpc) is 3.29. The molecule has 5 nitrogen and oxygen atoms in total. The summed E-state index contributed by atoms with van der Waals surface area (Å²) in [7, 11) is 0. The van der Waals surface area contributed by atoms with E-state index < -0.39 is 24.2 Å². The molecule has 5 rings (SSSR count). The molecule has 0 aliphatic carbocycles. The number of thiophene rings is 1. The van der Waals surface area contributed by atoms with Gasteiger partial charge in [-0.25, -0.2) is 0 Å². The van der Waals surface area contributed by atoms with Crippen molar-refractivity contribution in [1.82, 2.24) is 0 Å². The van der Waals surface area contributed by atoms with Crippen LogP contribution in [0.15, 0.2) is 41.4 Å². The van der Waals surface area contributed by atoms with Crippen LogP contribution >= 0.6 is 11.3 Å². The van der Waals surface area contributed by atoms with Crippen LogP contribution in [-0.4, -0.2) is 12.7 Å². The van der Waals surface area contributed by atoms with E-state index in [-0.39, 0.29) is 21.5 Å². The first-order valence-corrected chi connectivity index (χ1v) is 9.82. The van der Waals surface area contributed by atoms with Gasteiger partial charge < -0.3 is 9.47 Å². The number of rotatable bonds is 2. The summed E-state index contributed by atoms with van der Waals surface area (Å²) >= 11 is 1.09. The second-order valence-corrected chi connectivity index (χ2v) is 7.98. The molecule has 0 bridgehead atoms. The molecular weight excluding hydrogens is 472 g/mol. The Bertz CT molecular complexity index is 1730. The molecule has 5 aromatic rings. The average molecular weight is 479 g/mol. The number of nitrogens with zero attached hydrogens (tertiary/aromatic N) is 2. The third-order valence-corrected chi connectivity index (χ3v) is 6.24. The van der Waals surface area contributed by atoms with Gasteiger partial charge in [-0.2, -0.15) is 10.3 Å². The first kappa shape index (κ1) is 21.0. The largest absolute Gasteiger partial charge is 0.573 e. The van der Waals surface area contributed by atoms with E-state index in [1.54, 1.807) is 6.19 Å². The van der Waals surface area contributed by atoms with Gasteiger partial charge in [0.25, 0.3) is 0 Å². The van der Waals surface area contributed by atoms with Gasteiger partial charge >= 0.3 is 12.7 Å². The predicted octanol–water partition coefficient (Wildman–Crippen LogP) is 5.89. The van der Waals surface area contributed by atoms with Gasteiger partial charge in [-0.3, -0.25) is 5.41 Å². The highest BCUT2D eigenvalue weighted by atomic mass is 32.1. The van der Waals surface area contributed by atoms with Gasteiger partial charge in [-0.15, -0.1) is 37.7 Å². The fourth-order valence-corrected chi connectivity index (χ4v) is 5.27. The molecular formula is C21H7F6N3O2S. The maximum absolute atomic E-state index is 12.7. The normalized spacial score (nSPS) is 13.4. The fraction of sp³-hybridized carbons (Fsp3) is 0.0952. The lowest BCUT2D eigenvalue weighted by atomic mass is 10.1. The van der Waals surface area contributed by atoms with Crippen LogP contribution in [-0.2, 0) is 0 Å². The van der Waals surface area contributed by atoms with E-state index in [9.17, 15) is 26.3 Å². The summed E-state index contributed by atoms with van der Waals surface area (Å²) in [4.78, 5) is 3.77. The first-order valence-electron chi connectivity index (χ1n) is 9.01. The molecule has 0 spiro atoms. The number of hydrogen-bond donors (Lipinski definition) is 1. The van der Waals surface area contributed by atoms with Gasteiger partial charge in [-0.05, 0) is 47.2 Å². The quantitative estimate of drug-likeness (QED) is 0.253. The standard InChI is InChI=1S/C21H7F6N3O2S/c22-20(23,24)31-8-1-3-10-12(5-8)16(29)18-14(10)15-11-4-2-9(32-21(25,26)27)6-13(11)17(30-7-28)19(15)33-18/h1-6,29H. The van der Waals surface area contributed by atoms with Crippen molar-refractivity contribution in [3.8, 4) is 17.7 Å². The molecule has 33 heavy (non-hydrogen) atoms. The van der Waals surface area contributed by atoms with Crippen LogP contribution in [0.3, 0.4) is 0 Å². The predicted molar refractivity (Wildman–Crippen MR) is 107 cm³/mol. The minimum Gasteiger partial charge on any atom is -0.406 e. The van der Waals surface area contributed by atoms with Crippen molar-refractivity contribution in [2.24, 2.45) is 4.99 Å². The number of ether oxygens (including phenoxy) is 2. The van der Waals surface area contributed by atoms with Crippen LogP contribution in [0.2, 0.25) is 0 Å². The Hall–Kier alpha value is -3.85. The Morgan fingerprint density at radius 1 is 0.788 bits per heavy atom. The number of fused-ring (bicyclic) bond motifs is 7. The highest BCUT2D eigenvalue weighted by Gasteiger charge is 2.32. The zero-order chi connectivity index (χ0) is 23.7. The van der Waals surface area contributed by atoms with Crippen molar-refractivity contribution in [2.75, 3.05) is 0 Å². The lowest BCUT2D eigenvalue weighted by Crippen LogP contribution is -2.17. The Morgan fingerprint density at radius 2 is 1.30 bits per heavy atom. The van der Waals surface area contributed by atoms with Gasteiger partial charge in [0.15, 0.2) is 0 Å². The third-order valence-electron chi connectivity index (χ3n) is 5.02. The van der Waals surface area contributed by atoms with Gasteiger partial charge in [0, 0.05) is 21.5 Å². The summed E-state index contributed by atoms with van der Waals surface area (Å²) in [5, 5.41) is 20.2. The molecule has 1 aromatic heterocycles. The van der Waals surface area contributed by atoms with Crippen molar-refractivity contribution in [1.29, 1.82) is 10.7 Å². The Kier molecular flexibility index (Phi) is 4.35. The van der Waals surface area contributed by atoms with E-state index in [2.05, 4.69) is 14.5 Å². The minimum absolute atomic E-state index is 0.0260.